The molecule has 1 aliphatic heterocycles. The highest BCUT2D eigenvalue weighted by Gasteiger charge is 2.17. The van der Waals surface area contributed by atoms with E-state index in [4.69, 9.17) is 9.15 Å². The number of likely N-dealkylation sites (tertiary alicyclic amines) is 1. The molecule has 9 nitrogen and oxygen atoms in total. The van der Waals surface area contributed by atoms with E-state index in [-0.39, 0.29) is 31.4 Å². The van der Waals surface area contributed by atoms with Crippen molar-refractivity contribution < 1.29 is 28.3 Å². The van der Waals surface area contributed by atoms with Crippen LogP contribution in [0.3, 0.4) is 0 Å². The molecule has 1 saturated heterocycles. The molecule has 27 heavy (non-hydrogen) atoms. The molecular weight excluding hydrogens is 354 g/mol. The van der Waals surface area contributed by atoms with E-state index >= 15 is 0 Å². The molecule has 3 amide bonds. The lowest BCUT2D eigenvalue weighted by atomic mass is 10.1. The molecule has 2 N–H and O–H groups in total. The Kier molecular flexibility index (Phi) is 8.34. The molecule has 0 aromatic carbocycles. The fourth-order valence-electron chi connectivity index (χ4n) is 2.67. The van der Waals surface area contributed by atoms with Gasteiger partial charge in [0, 0.05) is 13.1 Å². The summed E-state index contributed by atoms with van der Waals surface area (Å²) in [6, 6.07) is 3.02. The molecule has 0 spiro atoms. The smallest absolute Gasteiger partial charge is 0.325 e. The molecule has 0 unspecified atom stereocenters. The van der Waals surface area contributed by atoms with Gasteiger partial charge in [0.05, 0.1) is 12.8 Å². The number of carbonyl (C=O) groups is 4. The van der Waals surface area contributed by atoms with E-state index in [2.05, 4.69) is 10.6 Å². The summed E-state index contributed by atoms with van der Waals surface area (Å²) in [4.78, 5) is 48.7. The average Bonchev–Trinajstić information content (AvgIpc) is 3.17. The van der Waals surface area contributed by atoms with Crippen molar-refractivity contribution in [1.29, 1.82) is 0 Å². The van der Waals surface area contributed by atoms with Crippen LogP contribution in [0.4, 0.5) is 0 Å². The molecule has 0 saturated carbocycles. The van der Waals surface area contributed by atoms with Crippen molar-refractivity contribution in [2.45, 2.75) is 32.1 Å². The molecule has 1 aromatic rings. The van der Waals surface area contributed by atoms with Gasteiger partial charge in [-0.25, -0.2) is 0 Å². The van der Waals surface area contributed by atoms with Gasteiger partial charge in [-0.1, -0.05) is 19.3 Å². The topological polar surface area (TPSA) is 118 Å². The minimum absolute atomic E-state index is 0.0879. The van der Waals surface area contributed by atoms with Gasteiger partial charge in [0.1, 0.15) is 6.54 Å². The molecule has 9 heteroatoms. The van der Waals surface area contributed by atoms with Crippen LogP contribution in [0.2, 0.25) is 0 Å². The third kappa shape index (κ3) is 7.51. The van der Waals surface area contributed by atoms with Gasteiger partial charge in [0.2, 0.25) is 5.91 Å². The standard InChI is InChI=1S/C18H25N3O6/c22-15(11-20-18(25)14-7-6-10-26-14)19-12-17(24)27-13-16(23)21-8-4-2-1-3-5-9-21/h6-7,10H,1-5,8-9,11-13H2,(H,19,22)(H,20,25). The Hall–Kier alpha value is -2.84. The van der Waals surface area contributed by atoms with Crippen LogP contribution in [-0.4, -0.2) is 61.4 Å². The van der Waals surface area contributed by atoms with Crippen molar-refractivity contribution in [3.63, 3.8) is 0 Å². The molecule has 0 radical (unpaired) electrons. The number of nitrogens with one attached hydrogen (secondary N) is 2. The SMILES string of the molecule is O=C(CNC(=O)c1ccco1)NCC(=O)OCC(=O)N1CCCCCCC1. The second kappa shape index (κ2) is 11.0. The lowest BCUT2D eigenvalue weighted by Crippen LogP contribution is -2.40. The van der Waals surface area contributed by atoms with Gasteiger partial charge < -0.3 is 24.7 Å². The molecule has 2 rings (SSSR count). The first-order valence-corrected chi connectivity index (χ1v) is 9.08. The maximum Gasteiger partial charge on any atom is 0.325 e. The minimum atomic E-state index is -0.707. The summed E-state index contributed by atoms with van der Waals surface area (Å²) in [6.07, 6.45) is 6.66. The summed E-state index contributed by atoms with van der Waals surface area (Å²) in [6.45, 7) is 0.358. The zero-order valence-electron chi connectivity index (χ0n) is 15.2. The largest absolute Gasteiger partial charge is 0.459 e. The maximum atomic E-state index is 12.1. The third-order valence-corrected chi connectivity index (χ3v) is 4.15. The van der Waals surface area contributed by atoms with E-state index in [9.17, 15) is 19.2 Å². The number of hydrogen-bond donors (Lipinski definition) is 2. The number of hydrogen-bond acceptors (Lipinski definition) is 6. The highest BCUT2D eigenvalue weighted by Crippen LogP contribution is 2.10. The van der Waals surface area contributed by atoms with Gasteiger partial charge in [-0.3, -0.25) is 19.2 Å². The predicted molar refractivity (Wildman–Crippen MR) is 94.7 cm³/mol. The van der Waals surface area contributed by atoms with Crippen LogP contribution >= 0.6 is 0 Å². The van der Waals surface area contributed by atoms with Gasteiger partial charge in [-0.05, 0) is 25.0 Å². The van der Waals surface area contributed by atoms with E-state index < -0.39 is 17.8 Å². The average molecular weight is 379 g/mol. The Balaban J connectivity index is 1.60. The fraction of sp³-hybridized carbons (Fsp3) is 0.556. The molecule has 1 aromatic heterocycles. The van der Waals surface area contributed by atoms with Crippen LogP contribution in [0.25, 0.3) is 0 Å². The third-order valence-electron chi connectivity index (χ3n) is 4.15. The highest BCUT2D eigenvalue weighted by molar-refractivity contribution is 5.94. The van der Waals surface area contributed by atoms with E-state index in [1.54, 1.807) is 11.0 Å². The van der Waals surface area contributed by atoms with Crippen LogP contribution in [0.1, 0.15) is 42.7 Å². The van der Waals surface area contributed by atoms with Gasteiger partial charge >= 0.3 is 5.97 Å². The second-order valence-electron chi connectivity index (χ2n) is 6.25. The second-order valence-corrected chi connectivity index (χ2v) is 6.25. The highest BCUT2D eigenvalue weighted by atomic mass is 16.5. The molecule has 0 atom stereocenters. The van der Waals surface area contributed by atoms with Gasteiger partial charge in [-0.2, -0.15) is 0 Å². The number of furan rings is 1. The molecule has 2 heterocycles. The van der Waals surface area contributed by atoms with E-state index in [0.29, 0.717) is 13.1 Å². The normalized spacial score (nSPS) is 14.6. The Morgan fingerprint density at radius 3 is 2.37 bits per heavy atom. The van der Waals surface area contributed by atoms with Crippen LogP contribution in [0.5, 0.6) is 0 Å². The molecular formula is C18H25N3O6. The lowest BCUT2D eigenvalue weighted by molar-refractivity contribution is -0.151. The van der Waals surface area contributed by atoms with Gasteiger partial charge in [-0.15, -0.1) is 0 Å². The molecule has 1 aliphatic rings. The number of carbonyl (C=O) groups excluding carboxylic acids is 4. The summed E-state index contributed by atoms with van der Waals surface area (Å²) < 4.78 is 9.81. The zero-order chi connectivity index (χ0) is 19.5. The van der Waals surface area contributed by atoms with Crippen molar-refractivity contribution in [3.05, 3.63) is 24.2 Å². The quantitative estimate of drug-likeness (QED) is 0.665. The number of ether oxygens (including phenoxy) is 1. The first-order chi connectivity index (χ1) is 13.1. The number of rotatable bonds is 7. The number of nitrogens with zero attached hydrogens (tertiary/aromatic N) is 1. The number of amides is 3. The first kappa shape index (κ1) is 20.5. The summed E-state index contributed by atoms with van der Waals surface area (Å²) in [5, 5.41) is 4.68. The van der Waals surface area contributed by atoms with Crippen molar-refractivity contribution in [3.8, 4) is 0 Å². The fourth-order valence-corrected chi connectivity index (χ4v) is 2.67. The van der Waals surface area contributed by atoms with Gasteiger partial charge in [0.25, 0.3) is 11.8 Å². The Morgan fingerprint density at radius 1 is 1.00 bits per heavy atom. The lowest BCUT2D eigenvalue weighted by Gasteiger charge is -2.24. The summed E-state index contributed by atoms with van der Waals surface area (Å²) in [5.74, 6) is -1.92. The summed E-state index contributed by atoms with van der Waals surface area (Å²) in [7, 11) is 0. The van der Waals surface area contributed by atoms with Crippen molar-refractivity contribution in [2.75, 3.05) is 32.8 Å². The van der Waals surface area contributed by atoms with Crippen LogP contribution < -0.4 is 10.6 Å². The van der Waals surface area contributed by atoms with Crippen LogP contribution in [0.15, 0.2) is 22.8 Å². The van der Waals surface area contributed by atoms with Crippen molar-refractivity contribution >= 4 is 23.7 Å². The zero-order valence-corrected chi connectivity index (χ0v) is 15.2. The molecule has 1 fully saturated rings. The Bertz CT molecular complexity index is 636. The van der Waals surface area contributed by atoms with Gasteiger partial charge in [0.15, 0.2) is 12.4 Å². The predicted octanol–water partition coefficient (Wildman–Crippen LogP) is 0.462. The van der Waals surface area contributed by atoms with Crippen LogP contribution in [-0.2, 0) is 19.1 Å². The van der Waals surface area contributed by atoms with Crippen molar-refractivity contribution in [2.24, 2.45) is 0 Å². The van der Waals surface area contributed by atoms with Crippen molar-refractivity contribution in [1.82, 2.24) is 15.5 Å². The van der Waals surface area contributed by atoms with E-state index in [0.717, 1.165) is 25.7 Å². The van der Waals surface area contributed by atoms with E-state index in [1.165, 1.54) is 18.8 Å². The summed E-state index contributed by atoms with van der Waals surface area (Å²) in [5.41, 5.74) is 0. The Labute approximate surface area is 157 Å². The number of esters is 1. The Morgan fingerprint density at radius 2 is 1.70 bits per heavy atom. The van der Waals surface area contributed by atoms with E-state index in [1.807, 2.05) is 0 Å². The monoisotopic (exact) mass is 379 g/mol. The molecule has 0 bridgehead atoms. The molecule has 0 aliphatic carbocycles. The minimum Gasteiger partial charge on any atom is -0.459 e. The molecule has 148 valence electrons. The maximum absolute atomic E-state index is 12.1. The summed E-state index contributed by atoms with van der Waals surface area (Å²) >= 11 is 0. The van der Waals surface area contributed by atoms with Crippen LogP contribution in [0, 0.1) is 0 Å². The first-order valence-electron chi connectivity index (χ1n) is 9.08.